The van der Waals surface area contributed by atoms with E-state index in [0.717, 1.165) is 42.3 Å². The molecule has 9 heteroatoms. The van der Waals surface area contributed by atoms with Crippen LogP contribution in [0.2, 0.25) is 0 Å². The molecule has 3 rings (SSSR count). The number of nitrogens with one attached hydrogen (secondary N) is 1. The van der Waals surface area contributed by atoms with Crippen molar-refractivity contribution in [3.63, 3.8) is 0 Å². The lowest BCUT2D eigenvalue weighted by molar-refractivity contribution is -0.344. The standard InChI is InChI=1S/C19H22N2O2.C2HF3O2/c1-3-5-11-20-16-10-9-15-17-13(16)7-6-8-14(17)18(22)21(12-4-2)19(15)23;3-2(4,5)1(6)7/h6-10,20H,3-5,11-12H2,1-2H3;(H,6,7)/p-1. The van der Waals surface area contributed by atoms with E-state index < -0.39 is 12.1 Å². The van der Waals surface area contributed by atoms with Gasteiger partial charge in [-0.15, -0.1) is 0 Å². The summed E-state index contributed by atoms with van der Waals surface area (Å²) in [6, 6.07) is 9.49. The second kappa shape index (κ2) is 9.60. The molecule has 0 fully saturated rings. The molecule has 1 heterocycles. The van der Waals surface area contributed by atoms with E-state index in [4.69, 9.17) is 9.90 Å². The van der Waals surface area contributed by atoms with Crippen LogP contribution < -0.4 is 10.4 Å². The van der Waals surface area contributed by atoms with Crippen molar-refractivity contribution < 1.29 is 32.7 Å². The van der Waals surface area contributed by atoms with Crippen molar-refractivity contribution in [3.8, 4) is 0 Å². The zero-order valence-corrected chi connectivity index (χ0v) is 16.6. The Morgan fingerprint density at radius 1 is 1.03 bits per heavy atom. The molecule has 1 aliphatic rings. The molecule has 1 aliphatic heterocycles. The highest BCUT2D eigenvalue weighted by atomic mass is 19.4. The van der Waals surface area contributed by atoms with Gasteiger partial charge in [0.15, 0.2) is 0 Å². The van der Waals surface area contributed by atoms with Gasteiger partial charge in [0.05, 0.1) is 0 Å². The molecule has 0 aromatic heterocycles. The maximum absolute atomic E-state index is 12.7. The molecular formula is C21H22F3N2O4-. The first-order valence-electron chi connectivity index (χ1n) is 9.57. The average molecular weight is 423 g/mol. The largest absolute Gasteiger partial charge is 0.542 e. The lowest BCUT2D eigenvalue weighted by atomic mass is 9.93. The van der Waals surface area contributed by atoms with E-state index in [2.05, 4.69) is 12.2 Å². The van der Waals surface area contributed by atoms with Crippen molar-refractivity contribution in [1.82, 2.24) is 4.90 Å². The van der Waals surface area contributed by atoms with E-state index in [0.29, 0.717) is 17.7 Å². The summed E-state index contributed by atoms with van der Waals surface area (Å²) in [5.74, 6) is -3.37. The van der Waals surface area contributed by atoms with Crippen LogP contribution >= 0.6 is 0 Å². The lowest BCUT2D eigenvalue weighted by Gasteiger charge is -2.27. The number of hydrogen-bond acceptors (Lipinski definition) is 5. The molecule has 0 radical (unpaired) electrons. The normalized spacial score (nSPS) is 13.2. The molecular weight excluding hydrogens is 401 g/mol. The smallest absolute Gasteiger partial charge is 0.430 e. The lowest BCUT2D eigenvalue weighted by Crippen LogP contribution is -2.40. The minimum absolute atomic E-state index is 0.180. The van der Waals surface area contributed by atoms with Crippen LogP contribution in [0.1, 0.15) is 53.8 Å². The molecule has 0 spiro atoms. The van der Waals surface area contributed by atoms with Crippen molar-refractivity contribution in [2.45, 2.75) is 39.3 Å². The zero-order chi connectivity index (χ0) is 22.5. The number of carbonyl (C=O) groups is 3. The Kier molecular flexibility index (Phi) is 7.42. The summed E-state index contributed by atoms with van der Waals surface area (Å²) in [4.78, 5) is 35.5. The number of carbonyl (C=O) groups excluding carboxylic acids is 3. The van der Waals surface area contributed by atoms with Gasteiger partial charge in [-0.3, -0.25) is 14.5 Å². The summed E-state index contributed by atoms with van der Waals surface area (Å²) in [5.41, 5.74) is 2.25. The quantitative estimate of drug-likeness (QED) is 0.569. The molecule has 0 atom stereocenters. The average Bonchev–Trinajstić information content (AvgIpc) is 2.69. The fourth-order valence-electron chi connectivity index (χ4n) is 3.13. The maximum atomic E-state index is 12.7. The number of anilines is 1. The first kappa shape index (κ1) is 23.2. The van der Waals surface area contributed by atoms with Gasteiger partial charge in [0.2, 0.25) is 0 Å². The van der Waals surface area contributed by atoms with Gasteiger partial charge >= 0.3 is 6.18 Å². The van der Waals surface area contributed by atoms with Crippen LogP contribution in [0.3, 0.4) is 0 Å². The van der Waals surface area contributed by atoms with Crippen LogP contribution in [0.25, 0.3) is 10.8 Å². The summed E-state index contributed by atoms with van der Waals surface area (Å²) in [7, 11) is 0. The van der Waals surface area contributed by atoms with Crippen molar-refractivity contribution in [2.75, 3.05) is 18.4 Å². The topological polar surface area (TPSA) is 89.5 Å². The Balaban J connectivity index is 0.000000396. The molecule has 162 valence electrons. The molecule has 6 nitrogen and oxygen atoms in total. The number of hydrogen-bond donors (Lipinski definition) is 1. The van der Waals surface area contributed by atoms with Crippen LogP contribution in [0, 0.1) is 0 Å². The third-order valence-corrected chi connectivity index (χ3v) is 4.52. The number of unbranched alkanes of at least 4 members (excludes halogenated alkanes) is 1. The Morgan fingerprint density at radius 2 is 1.63 bits per heavy atom. The van der Waals surface area contributed by atoms with E-state index in [9.17, 15) is 22.8 Å². The monoisotopic (exact) mass is 423 g/mol. The van der Waals surface area contributed by atoms with Crippen molar-refractivity contribution in [1.29, 1.82) is 0 Å². The predicted molar refractivity (Wildman–Crippen MR) is 104 cm³/mol. The van der Waals surface area contributed by atoms with E-state index in [1.54, 1.807) is 0 Å². The van der Waals surface area contributed by atoms with Gasteiger partial charge in [0, 0.05) is 40.7 Å². The van der Waals surface area contributed by atoms with Gasteiger partial charge in [0.1, 0.15) is 5.97 Å². The van der Waals surface area contributed by atoms with E-state index in [1.165, 1.54) is 4.90 Å². The molecule has 2 aromatic rings. The molecule has 2 aromatic carbocycles. The van der Waals surface area contributed by atoms with Crippen LogP contribution in [0.5, 0.6) is 0 Å². The minimum atomic E-state index is -5.19. The molecule has 2 amide bonds. The summed E-state index contributed by atoms with van der Waals surface area (Å²) in [6.45, 7) is 5.47. The molecule has 1 N–H and O–H groups in total. The number of alkyl halides is 3. The molecule has 0 aliphatic carbocycles. The fraction of sp³-hybridized carbons (Fsp3) is 0.381. The Morgan fingerprint density at radius 3 is 2.17 bits per heavy atom. The minimum Gasteiger partial charge on any atom is -0.542 e. The number of aliphatic carboxylic acids is 1. The zero-order valence-electron chi connectivity index (χ0n) is 16.6. The van der Waals surface area contributed by atoms with Crippen LogP contribution in [0.15, 0.2) is 30.3 Å². The number of rotatable bonds is 6. The number of amides is 2. The summed E-state index contributed by atoms with van der Waals surface area (Å²) in [6.07, 6.45) is -2.22. The number of carboxylic acids is 1. The highest BCUT2D eigenvalue weighted by molar-refractivity contribution is 6.26. The Hall–Kier alpha value is -3.10. The third kappa shape index (κ3) is 4.90. The molecule has 30 heavy (non-hydrogen) atoms. The Bertz CT molecular complexity index is 935. The predicted octanol–water partition coefficient (Wildman–Crippen LogP) is 3.36. The number of imide groups is 1. The summed E-state index contributed by atoms with van der Waals surface area (Å²) < 4.78 is 31.5. The van der Waals surface area contributed by atoms with Crippen LogP contribution in [0.4, 0.5) is 18.9 Å². The van der Waals surface area contributed by atoms with Gasteiger partial charge in [-0.05, 0) is 31.0 Å². The van der Waals surface area contributed by atoms with Gasteiger partial charge in [0.25, 0.3) is 11.8 Å². The number of halogens is 3. The van der Waals surface area contributed by atoms with Gasteiger partial charge in [-0.25, -0.2) is 0 Å². The maximum Gasteiger partial charge on any atom is 0.430 e. The van der Waals surface area contributed by atoms with E-state index >= 15 is 0 Å². The van der Waals surface area contributed by atoms with Crippen LogP contribution in [-0.2, 0) is 4.79 Å². The highest BCUT2D eigenvalue weighted by Crippen LogP contribution is 2.34. The van der Waals surface area contributed by atoms with Gasteiger partial charge in [-0.2, -0.15) is 13.2 Å². The second-order valence-electron chi connectivity index (χ2n) is 6.72. The van der Waals surface area contributed by atoms with Gasteiger partial charge in [-0.1, -0.05) is 32.4 Å². The third-order valence-electron chi connectivity index (χ3n) is 4.52. The second-order valence-corrected chi connectivity index (χ2v) is 6.72. The van der Waals surface area contributed by atoms with Crippen molar-refractivity contribution in [3.05, 3.63) is 41.5 Å². The number of benzene rings is 2. The van der Waals surface area contributed by atoms with E-state index in [1.807, 2.05) is 37.3 Å². The number of nitrogens with zero attached hydrogens (tertiary/aromatic N) is 1. The molecule has 0 saturated heterocycles. The highest BCUT2D eigenvalue weighted by Gasteiger charge is 2.32. The molecule has 0 unspecified atom stereocenters. The van der Waals surface area contributed by atoms with Crippen LogP contribution in [-0.4, -0.2) is 41.9 Å². The summed E-state index contributed by atoms with van der Waals surface area (Å²) >= 11 is 0. The van der Waals surface area contributed by atoms with Crippen molar-refractivity contribution in [2.24, 2.45) is 0 Å². The Labute approximate surface area is 171 Å². The van der Waals surface area contributed by atoms with Crippen molar-refractivity contribution >= 4 is 34.2 Å². The first-order chi connectivity index (χ1) is 14.1. The number of carboxylic acid groups (broad SMARTS) is 1. The molecule has 0 bridgehead atoms. The summed E-state index contributed by atoms with van der Waals surface area (Å²) in [5, 5.41) is 13.9. The fourth-order valence-corrected chi connectivity index (χ4v) is 3.13. The van der Waals surface area contributed by atoms with Gasteiger partial charge < -0.3 is 15.2 Å². The SMILES string of the molecule is CCCCNc1ccc2c3c(cccc13)C(=O)N(CCC)C2=O.O=C([O-])C(F)(F)F. The first-order valence-corrected chi connectivity index (χ1v) is 9.57. The molecule has 0 saturated carbocycles. The van der Waals surface area contributed by atoms with E-state index in [-0.39, 0.29) is 11.8 Å².